The Morgan fingerprint density at radius 1 is 1.50 bits per heavy atom. The van der Waals surface area contributed by atoms with Crippen LogP contribution in [-0.2, 0) is 0 Å². The van der Waals surface area contributed by atoms with Crippen molar-refractivity contribution in [2.24, 2.45) is 0 Å². The molecule has 88 valence electrons. The van der Waals surface area contributed by atoms with Crippen molar-refractivity contribution in [3.63, 3.8) is 0 Å². The highest BCUT2D eigenvalue weighted by molar-refractivity contribution is 9.09. The number of aromatic amines is 1. The predicted molar refractivity (Wildman–Crippen MR) is 67.0 cm³/mol. The number of carbonyl (C=O) groups is 1. The number of halogens is 1. The van der Waals surface area contributed by atoms with E-state index in [-0.39, 0.29) is 17.5 Å². The Balaban J connectivity index is 2.90. The molecule has 0 aliphatic carbocycles. The molecule has 5 heteroatoms. The molecule has 1 amide bonds. The number of carbonyl (C=O) groups excluding carboxylic acids is 1. The number of H-pyrrole nitrogens is 1. The number of amides is 1. The molecule has 0 saturated heterocycles. The SMILES string of the molecule is CC(C)N(CCBr)C(=O)c1ccc(=O)[nH]c1. The van der Waals surface area contributed by atoms with Crippen LogP contribution in [0.4, 0.5) is 0 Å². The third-order valence-electron chi connectivity index (χ3n) is 2.24. The van der Waals surface area contributed by atoms with Crippen molar-refractivity contribution < 1.29 is 4.79 Å². The van der Waals surface area contributed by atoms with E-state index in [0.29, 0.717) is 12.1 Å². The summed E-state index contributed by atoms with van der Waals surface area (Å²) in [6.45, 7) is 4.58. The summed E-state index contributed by atoms with van der Waals surface area (Å²) in [5.41, 5.74) is 0.308. The van der Waals surface area contributed by atoms with Gasteiger partial charge in [-0.15, -0.1) is 0 Å². The second kappa shape index (κ2) is 5.84. The molecule has 4 nitrogen and oxygen atoms in total. The van der Waals surface area contributed by atoms with Crippen molar-refractivity contribution >= 4 is 21.8 Å². The number of hydrogen-bond donors (Lipinski definition) is 1. The van der Waals surface area contributed by atoms with E-state index in [1.165, 1.54) is 12.3 Å². The summed E-state index contributed by atoms with van der Waals surface area (Å²) >= 11 is 3.32. The van der Waals surface area contributed by atoms with Gasteiger partial charge >= 0.3 is 0 Å². The van der Waals surface area contributed by atoms with E-state index in [2.05, 4.69) is 20.9 Å². The van der Waals surface area contributed by atoms with Gasteiger partial charge < -0.3 is 9.88 Å². The van der Waals surface area contributed by atoms with E-state index in [1.807, 2.05) is 13.8 Å². The number of pyridine rings is 1. The fourth-order valence-corrected chi connectivity index (χ4v) is 1.78. The van der Waals surface area contributed by atoms with Crippen LogP contribution in [0.5, 0.6) is 0 Å². The molecule has 1 aromatic rings. The number of aromatic nitrogens is 1. The minimum Gasteiger partial charge on any atom is -0.335 e. The highest BCUT2D eigenvalue weighted by Crippen LogP contribution is 2.07. The average Bonchev–Trinajstić information content (AvgIpc) is 2.25. The summed E-state index contributed by atoms with van der Waals surface area (Å²) in [7, 11) is 0. The molecular weight excluding hydrogens is 272 g/mol. The number of alkyl halides is 1. The van der Waals surface area contributed by atoms with Gasteiger partial charge in [0.15, 0.2) is 0 Å². The first-order valence-electron chi connectivity index (χ1n) is 5.12. The Hall–Kier alpha value is -1.10. The summed E-state index contributed by atoms with van der Waals surface area (Å²) in [6.07, 6.45) is 1.45. The Morgan fingerprint density at radius 3 is 2.62 bits per heavy atom. The Morgan fingerprint density at radius 2 is 2.19 bits per heavy atom. The summed E-state index contributed by atoms with van der Waals surface area (Å²) in [6, 6.07) is 3.04. The standard InChI is InChI=1S/C11H15BrN2O2/c1-8(2)14(6-5-12)11(16)9-3-4-10(15)13-7-9/h3-4,7-8H,5-6H2,1-2H3,(H,13,15). The van der Waals surface area contributed by atoms with E-state index in [0.717, 1.165) is 5.33 Å². The van der Waals surface area contributed by atoms with E-state index in [1.54, 1.807) is 11.0 Å². The molecule has 1 heterocycles. The average molecular weight is 287 g/mol. The molecule has 0 aliphatic rings. The zero-order valence-electron chi connectivity index (χ0n) is 9.37. The first-order valence-corrected chi connectivity index (χ1v) is 6.24. The topological polar surface area (TPSA) is 53.2 Å². The van der Waals surface area contributed by atoms with Crippen LogP contribution in [0.1, 0.15) is 24.2 Å². The summed E-state index contributed by atoms with van der Waals surface area (Å²) in [4.78, 5) is 27.2. The quantitative estimate of drug-likeness (QED) is 0.856. The number of nitrogens with one attached hydrogen (secondary N) is 1. The first kappa shape index (κ1) is 13.0. The molecule has 0 aliphatic heterocycles. The van der Waals surface area contributed by atoms with E-state index in [9.17, 15) is 9.59 Å². The lowest BCUT2D eigenvalue weighted by molar-refractivity contribution is 0.0719. The van der Waals surface area contributed by atoms with Gasteiger partial charge in [-0.2, -0.15) is 0 Å². The van der Waals surface area contributed by atoms with Gasteiger partial charge in [-0.25, -0.2) is 0 Å². The van der Waals surface area contributed by atoms with Crippen LogP contribution in [0.2, 0.25) is 0 Å². The summed E-state index contributed by atoms with van der Waals surface area (Å²) in [5.74, 6) is -0.0642. The Kier molecular flexibility index (Phi) is 4.73. The first-order chi connectivity index (χ1) is 7.56. The van der Waals surface area contributed by atoms with Crippen LogP contribution < -0.4 is 5.56 Å². The van der Waals surface area contributed by atoms with Crippen molar-refractivity contribution in [1.29, 1.82) is 0 Å². The summed E-state index contributed by atoms with van der Waals surface area (Å²) < 4.78 is 0. The van der Waals surface area contributed by atoms with Crippen molar-refractivity contribution in [3.05, 3.63) is 34.2 Å². The van der Waals surface area contributed by atoms with Crippen LogP contribution in [0.3, 0.4) is 0 Å². The van der Waals surface area contributed by atoms with Gasteiger partial charge in [0.2, 0.25) is 5.56 Å². The Bertz CT molecular complexity index is 394. The molecule has 0 spiro atoms. The molecule has 0 saturated carbocycles. The van der Waals surface area contributed by atoms with Crippen LogP contribution in [0.25, 0.3) is 0 Å². The van der Waals surface area contributed by atoms with E-state index >= 15 is 0 Å². The lowest BCUT2D eigenvalue weighted by atomic mass is 10.2. The van der Waals surface area contributed by atoms with E-state index in [4.69, 9.17) is 0 Å². The number of hydrogen-bond acceptors (Lipinski definition) is 2. The molecule has 0 aromatic carbocycles. The molecule has 0 atom stereocenters. The lowest BCUT2D eigenvalue weighted by Gasteiger charge is -2.25. The maximum atomic E-state index is 12.1. The van der Waals surface area contributed by atoms with Crippen LogP contribution in [-0.4, -0.2) is 33.7 Å². The van der Waals surface area contributed by atoms with Crippen LogP contribution >= 0.6 is 15.9 Å². The fourth-order valence-electron chi connectivity index (χ4n) is 1.39. The monoisotopic (exact) mass is 286 g/mol. The van der Waals surface area contributed by atoms with Gasteiger partial charge in [0.1, 0.15) is 0 Å². The molecule has 1 N–H and O–H groups in total. The highest BCUT2D eigenvalue weighted by atomic mass is 79.9. The minimum atomic E-state index is -0.201. The zero-order chi connectivity index (χ0) is 12.1. The Labute approximate surface area is 103 Å². The molecule has 0 fully saturated rings. The van der Waals surface area contributed by atoms with Crippen LogP contribution in [0, 0.1) is 0 Å². The zero-order valence-corrected chi connectivity index (χ0v) is 11.0. The molecular formula is C11H15BrN2O2. The smallest absolute Gasteiger partial charge is 0.255 e. The van der Waals surface area contributed by atoms with Gasteiger partial charge in [0.25, 0.3) is 5.91 Å². The van der Waals surface area contributed by atoms with Gasteiger partial charge in [-0.3, -0.25) is 9.59 Å². The fraction of sp³-hybridized carbons (Fsp3) is 0.455. The largest absolute Gasteiger partial charge is 0.335 e. The molecule has 1 aromatic heterocycles. The van der Waals surface area contributed by atoms with Crippen molar-refractivity contribution in [3.8, 4) is 0 Å². The van der Waals surface area contributed by atoms with Crippen molar-refractivity contribution in [1.82, 2.24) is 9.88 Å². The molecule has 16 heavy (non-hydrogen) atoms. The number of nitrogens with zero attached hydrogens (tertiary/aromatic N) is 1. The molecule has 0 radical (unpaired) electrons. The van der Waals surface area contributed by atoms with E-state index < -0.39 is 0 Å². The second-order valence-corrected chi connectivity index (χ2v) is 4.52. The van der Waals surface area contributed by atoms with Gasteiger partial charge in [-0.1, -0.05) is 15.9 Å². The normalized spacial score (nSPS) is 10.5. The lowest BCUT2D eigenvalue weighted by Crippen LogP contribution is -2.38. The van der Waals surface area contributed by atoms with Gasteiger partial charge in [0, 0.05) is 30.2 Å². The minimum absolute atomic E-state index is 0.0642. The van der Waals surface area contributed by atoms with Crippen LogP contribution in [0.15, 0.2) is 23.1 Å². The third-order valence-corrected chi connectivity index (χ3v) is 2.60. The second-order valence-electron chi connectivity index (χ2n) is 3.72. The molecule has 0 unspecified atom stereocenters. The maximum Gasteiger partial charge on any atom is 0.255 e. The van der Waals surface area contributed by atoms with Gasteiger partial charge in [-0.05, 0) is 19.9 Å². The molecule has 1 rings (SSSR count). The van der Waals surface area contributed by atoms with Crippen molar-refractivity contribution in [2.75, 3.05) is 11.9 Å². The van der Waals surface area contributed by atoms with Crippen molar-refractivity contribution in [2.45, 2.75) is 19.9 Å². The third kappa shape index (κ3) is 3.20. The molecule has 0 bridgehead atoms. The van der Waals surface area contributed by atoms with Gasteiger partial charge in [0.05, 0.1) is 5.56 Å². The predicted octanol–water partition coefficient (Wildman–Crippen LogP) is 1.62. The number of rotatable bonds is 4. The highest BCUT2D eigenvalue weighted by Gasteiger charge is 2.17. The maximum absolute atomic E-state index is 12.1. The summed E-state index contributed by atoms with van der Waals surface area (Å²) in [5, 5.41) is 0.736.